The van der Waals surface area contributed by atoms with E-state index in [1.807, 2.05) is 30.3 Å². The first-order valence-electron chi connectivity index (χ1n) is 9.62. The minimum atomic E-state index is -0.710. The molecule has 2 aromatic carbocycles. The zero-order chi connectivity index (χ0) is 20.8. The molecule has 0 bridgehead atoms. The molecule has 152 valence electrons. The fraction of sp³-hybridized carbons (Fsp3) is 0.227. The third-order valence-electron chi connectivity index (χ3n) is 5.24. The molecule has 2 heterocycles. The number of hydrogen-bond donors (Lipinski definition) is 1. The zero-order valence-corrected chi connectivity index (χ0v) is 17.1. The number of amides is 1. The van der Waals surface area contributed by atoms with Crippen LogP contribution in [-0.4, -0.2) is 35.5 Å². The summed E-state index contributed by atoms with van der Waals surface area (Å²) in [4.78, 5) is 25.6. The van der Waals surface area contributed by atoms with E-state index in [-0.39, 0.29) is 0 Å². The van der Waals surface area contributed by atoms with Crippen LogP contribution in [0.25, 0.3) is 31.6 Å². The van der Waals surface area contributed by atoms with E-state index < -0.39 is 12.0 Å². The molecule has 0 unspecified atom stereocenters. The number of methoxy groups -OCH3 is 1. The van der Waals surface area contributed by atoms with Crippen molar-refractivity contribution in [1.29, 1.82) is 0 Å². The second-order valence-electron chi connectivity index (χ2n) is 7.36. The van der Waals surface area contributed by atoms with Gasteiger partial charge in [-0.3, -0.25) is 0 Å². The summed E-state index contributed by atoms with van der Waals surface area (Å²) in [7, 11) is 1.47. The highest BCUT2D eigenvalue weighted by Crippen LogP contribution is 2.39. The number of esters is 1. The quantitative estimate of drug-likeness (QED) is 0.481. The van der Waals surface area contributed by atoms with E-state index in [1.165, 1.54) is 7.11 Å². The van der Waals surface area contributed by atoms with Gasteiger partial charge in [0, 0.05) is 16.2 Å². The van der Waals surface area contributed by atoms with Crippen molar-refractivity contribution >= 4 is 44.3 Å². The number of aromatic nitrogens is 2. The molecule has 2 aromatic heterocycles. The molecular formula is C22H19N3O4S. The fourth-order valence-electron chi connectivity index (χ4n) is 3.47. The molecule has 0 atom stereocenters. The number of fused-ring (bicyclic) bond motifs is 2. The van der Waals surface area contributed by atoms with Gasteiger partial charge in [0.15, 0.2) is 0 Å². The second-order valence-corrected chi connectivity index (χ2v) is 8.44. The predicted octanol–water partition coefficient (Wildman–Crippen LogP) is 4.42. The van der Waals surface area contributed by atoms with Crippen LogP contribution in [0.2, 0.25) is 0 Å². The average molecular weight is 421 g/mol. The van der Waals surface area contributed by atoms with Gasteiger partial charge < -0.3 is 15.2 Å². The summed E-state index contributed by atoms with van der Waals surface area (Å²) >= 11 is 1.56. The number of carbonyl (C=O) groups is 2. The van der Waals surface area contributed by atoms with Gasteiger partial charge in [-0.25, -0.2) is 9.59 Å². The molecule has 1 amide bonds. The summed E-state index contributed by atoms with van der Waals surface area (Å²) in [5.41, 5.74) is 6.92. The molecular weight excluding hydrogens is 402 g/mol. The van der Waals surface area contributed by atoms with E-state index in [0.29, 0.717) is 40.4 Å². The van der Waals surface area contributed by atoms with Crippen molar-refractivity contribution in [3.63, 3.8) is 0 Å². The highest BCUT2D eigenvalue weighted by atomic mass is 32.1. The Labute approximate surface area is 176 Å². The topological polar surface area (TPSA) is 96.4 Å². The van der Waals surface area contributed by atoms with Crippen LogP contribution >= 0.6 is 11.3 Å². The number of rotatable bonds is 5. The third-order valence-corrected chi connectivity index (χ3v) is 6.36. The van der Waals surface area contributed by atoms with Gasteiger partial charge in [-0.05, 0) is 42.3 Å². The smallest absolute Gasteiger partial charge is 0.341 e. The Morgan fingerprint density at radius 1 is 1.23 bits per heavy atom. The SMILES string of the molecule is COc1cc2c(cc1C(=O)OCC1CC1)c(-c1cc3ccccc3s1)nn2C(N)=O. The van der Waals surface area contributed by atoms with Crippen LogP contribution in [0.1, 0.15) is 23.2 Å². The van der Waals surface area contributed by atoms with Gasteiger partial charge in [-0.2, -0.15) is 9.78 Å². The van der Waals surface area contributed by atoms with Gasteiger partial charge in [0.25, 0.3) is 0 Å². The molecule has 0 saturated heterocycles. The lowest BCUT2D eigenvalue weighted by molar-refractivity contribution is 0.0482. The van der Waals surface area contributed by atoms with Crippen LogP contribution in [0.3, 0.4) is 0 Å². The highest BCUT2D eigenvalue weighted by molar-refractivity contribution is 7.22. The normalized spacial score (nSPS) is 13.6. The summed E-state index contributed by atoms with van der Waals surface area (Å²) in [5.74, 6) is 0.318. The predicted molar refractivity (Wildman–Crippen MR) is 115 cm³/mol. The third kappa shape index (κ3) is 3.19. The van der Waals surface area contributed by atoms with Crippen LogP contribution in [0, 0.1) is 5.92 Å². The molecule has 1 fully saturated rings. The first-order chi connectivity index (χ1) is 14.5. The van der Waals surface area contributed by atoms with E-state index in [2.05, 4.69) is 5.10 Å². The molecule has 30 heavy (non-hydrogen) atoms. The van der Waals surface area contributed by atoms with Crippen molar-refractivity contribution in [3.8, 4) is 16.3 Å². The number of primary amides is 1. The number of thiophene rings is 1. The van der Waals surface area contributed by atoms with Crippen molar-refractivity contribution in [3.05, 3.63) is 48.0 Å². The first kappa shape index (κ1) is 18.6. The maximum Gasteiger partial charge on any atom is 0.341 e. The van der Waals surface area contributed by atoms with Crippen molar-refractivity contribution in [2.45, 2.75) is 12.8 Å². The Morgan fingerprint density at radius 3 is 2.73 bits per heavy atom. The molecule has 0 radical (unpaired) electrons. The van der Waals surface area contributed by atoms with Gasteiger partial charge in [0.1, 0.15) is 17.0 Å². The fourth-order valence-corrected chi connectivity index (χ4v) is 4.54. The van der Waals surface area contributed by atoms with E-state index in [1.54, 1.807) is 23.5 Å². The van der Waals surface area contributed by atoms with E-state index >= 15 is 0 Å². The maximum atomic E-state index is 12.7. The summed E-state index contributed by atoms with van der Waals surface area (Å²) in [6.45, 7) is 0.406. The lowest BCUT2D eigenvalue weighted by atomic mass is 10.1. The average Bonchev–Trinajstić information content (AvgIpc) is 3.35. The number of hydrogen-bond acceptors (Lipinski definition) is 6. The minimum Gasteiger partial charge on any atom is -0.496 e. The molecule has 0 aliphatic heterocycles. The van der Waals surface area contributed by atoms with E-state index in [0.717, 1.165) is 32.5 Å². The summed E-state index contributed by atoms with van der Waals surface area (Å²) in [6.07, 6.45) is 2.18. The van der Waals surface area contributed by atoms with Crippen molar-refractivity contribution in [2.24, 2.45) is 11.7 Å². The Balaban J connectivity index is 1.68. The molecule has 1 aliphatic rings. The monoisotopic (exact) mass is 421 g/mol. The largest absolute Gasteiger partial charge is 0.496 e. The molecule has 1 saturated carbocycles. The van der Waals surface area contributed by atoms with Gasteiger partial charge in [0.05, 0.1) is 24.1 Å². The number of nitrogens with zero attached hydrogens (tertiary/aromatic N) is 2. The molecule has 2 N–H and O–H groups in total. The van der Waals surface area contributed by atoms with Crippen LogP contribution in [-0.2, 0) is 4.74 Å². The number of ether oxygens (including phenoxy) is 2. The molecule has 7 nitrogen and oxygen atoms in total. The molecule has 1 aliphatic carbocycles. The van der Waals surface area contributed by atoms with Gasteiger partial charge in [0.2, 0.25) is 0 Å². The van der Waals surface area contributed by atoms with Crippen LogP contribution < -0.4 is 10.5 Å². The first-order valence-corrected chi connectivity index (χ1v) is 10.4. The summed E-state index contributed by atoms with van der Waals surface area (Å²) < 4.78 is 13.1. The van der Waals surface area contributed by atoms with Crippen LogP contribution in [0.4, 0.5) is 4.79 Å². The molecule has 4 aromatic rings. The second kappa shape index (κ2) is 7.14. The maximum absolute atomic E-state index is 12.7. The van der Waals surface area contributed by atoms with E-state index in [4.69, 9.17) is 15.2 Å². The van der Waals surface area contributed by atoms with Gasteiger partial charge in [-0.15, -0.1) is 11.3 Å². The number of nitrogens with two attached hydrogens (primary N) is 1. The Hall–Kier alpha value is -3.39. The van der Waals surface area contributed by atoms with Crippen molar-refractivity contribution in [2.75, 3.05) is 13.7 Å². The van der Waals surface area contributed by atoms with Gasteiger partial charge >= 0.3 is 12.0 Å². The summed E-state index contributed by atoms with van der Waals surface area (Å²) in [5, 5.41) is 6.18. The number of benzene rings is 2. The Bertz CT molecular complexity index is 1270. The summed E-state index contributed by atoms with van der Waals surface area (Å²) in [6, 6.07) is 12.6. The minimum absolute atomic E-state index is 0.303. The standard InChI is InChI=1S/C22H19N3O4S/c1-28-17-10-16-14(9-15(17)21(26)29-11-12-6-7-12)20(24-25(16)22(23)27)19-8-13-4-2-3-5-18(13)30-19/h2-5,8-10,12H,6-7,11H2,1H3,(H2,23,27). The van der Waals surface area contributed by atoms with Crippen LogP contribution in [0.5, 0.6) is 5.75 Å². The van der Waals surface area contributed by atoms with E-state index in [9.17, 15) is 9.59 Å². The highest BCUT2D eigenvalue weighted by Gasteiger charge is 2.26. The van der Waals surface area contributed by atoms with Crippen LogP contribution in [0.15, 0.2) is 42.5 Å². The molecule has 5 rings (SSSR count). The lowest BCUT2D eigenvalue weighted by Gasteiger charge is -2.09. The van der Waals surface area contributed by atoms with Crippen molar-refractivity contribution in [1.82, 2.24) is 9.78 Å². The van der Waals surface area contributed by atoms with Crippen molar-refractivity contribution < 1.29 is 19.1 Å². The Morgan fingerprint density at radius 2 is 2.03 bits per heavy atom. The molecule has 8 heteroatoms. The lowest BCUT2D eigenvalue weighted by Crippen LogP contribution is -2.20. The van der Waals surface area contributed by atoms with Gasteiger partial charge in [-0.1, -0.05) is 18.2 Å². The number of carbonyl (C=O) groups excluding carboxylic acids is 2. The molecule has 0 spiro atoms. The zero-order valence-electron chi connectivity index (χ0n) is 16.3. The Kier molecular flexibility index (Phi) is 4.43.